The molecule has 3 nitrogen and oxygen atoms in total. The smallest absolute Gasteiger partial charge is 0.137 e. The number of hydrogen-bond acceptors (Lipinski definition) is 3. The van der Waals surface area contributed by atoms with Gasteiger partial charge >= 0.3 is 0 Å². The van der Waals surface area contributed by atoms with Crippen LogP contribution in [0.2, 0.25) is 0 Å². The number of fused-ring (bicyclic) bond motifs is 1. The van der Waals surface area contributed by atoms with Crippen molar-refractivity contribution >= 4 is 17.4 Å². The summed E-state index contributed by atoms with van der Waals surface area (Å²) in [7, 11) is 0. The zero-order valence-corrected chi connectivity index (χ0v) is 13.1. The van der Waals surface area contributed by atoms with Gasteiger partial charge in [-0.15, -0.1) is 11.8 Å². The highest BCUT2D eigenvalue weighted by Gasteiger charge is 2.06. The van der Waals surface area contributed by atoms with E-state index in [1.54, 1.807) is 11.8 Å². The lowest BCUT2D eigenvalue weighted by Gasteiger charge is -2.13. The van der Waals surface area contributed by atoms with Crippen LogP contribution in [-0.2, 0) is 6.54 Å². The molecule has 0 aliphatic rings. The summed E-state index contributed by atoms with van der Waals surface area (Å²) in [6.45, 7) is 2.96. The van der Waals surface area contributed by atoms with Crippen LogP contribution in [0, 0.1) is 0 Å². The molecule has 3 rings (SSSR count). The van der Waals surface area contributed by atoms with Crippen LogP contribution in [0.15, 0.2) is 59.8 Å². The molecule has 0 aliphatic carbocycles. The van der Waals surface area contributed by atoms with Crippen molar-refractivity contribution < 1.29 is 0 Å². The second-order valence-corrected chi connectivity index (χ2v) is 5.95. The van der Waals surface area contributed by atoms with Crippen molar-refractivity contribution in [2.75, 3.05) is 6.26 Å². The van der Waals surface area contributed by atoms with Crippen LogP contribution in [0.5, 0.6) is 0 Å². The molecule has 1 N–H and O–H groups in total. The van der Waals surface area contributed by atoms with E-state index in [0.29, 0.717) is 6.04 Å². The zero-order chi connectivity index (χ0) is 14.7. The Bertz CT molecular complexity index is 685. The molecule has 0 spiro atoms. The van der Waals surface area contributed by atoms with Crippen LogP contribution in [0.1, 0.15) is 24.2 Å². The third-order valence-corrected chi connectivity index (χ3v) is 4.36. The Balaban J connectivity index is 1.65. The molecule has 3 aromatic rings. The molecule has 0 radical (unpaired) electrons. The van der Waals surface area contributed by atoms with Gasteiger partial charge in [0.2, 0.25) is 0 Å². The number of hydrogen-bond donors (Lipinski definition) is 1. The van der Waals surface area contributed by atoms with Gasteiger partial charge in [-0.1, -0.05) is 18.2 Å². The maximum absolute atomic E-state index is 4.60. The molecular formula is C17H19N3S. The average Bonchev–Trinajstić information content (AvgIpc) is 2.95. The monoisotopic (exact) mass is 297 g/mol. The predicted octanol–water partition coefficient (Wildman–Crippen LogP) is 3.91. The first-order valence-electron chi connectivity index (χ1n) is 7.06. The Kier molecular flexibility index (Phi) is 4.27. The zero-order valence-electron chi connectivity index (χ0n) is 12.3. The van der Waals surface area contributed by atoms with Gasteiger partial charge in [-0.05, 0) is 43.0 Å². The van der Waals surface area contributed by atoms with Crippen LogP contribution < -0.4 is 5.32 Å². The van der Waals surface area contributed by atoms with E-state index in [1.165, 1.54) is 10.5 Å². The van der Waals surface area contributed by atoms with Crippen molar-refractivity contribution in [1.29, 1.82) is 0 Å². The van der Waals surface area contributed by atoms with Crippen LogP contribution in [-0.4, -0.2) is 15.6 Å². The summed E-state index contributed by atoms with van der Waals surface area (Å²) in [6, 6.07) is 15.1. The number of nitrogens with zero attached hydrogens (tertiary/aromatic N) is 2. The lowest BCUT2D eigenvalue weighted by Crippen LogP contribution is -2.18. The molecule has 4 heteroatoms. The highest BCUT2D eigenvalue weighted by molar-refractivity contribution is 7.98. The number of pyridine rings is 1. The predicted molar refractivity (Wildman–Crippen MR) is 88.7 cm³/mol. The lowest BCUT2D eigenvalue weighted by atomic mass is 10.1. The fourth-order valence-corrected chi connectivity index (χ4v) is 2.75. The molecule has 1 atom stereocenters. The Morgan fingerprint density at radius 2 is 2.00 bits per heavy atom. The van der Waals surface area contributed by atoms with Crippen molar-refractivity contribution in [3.8, 4) is 0 Å². The van der Waals surface area contributed by atoms with Crippen LogP contribution >= 0.6 is 11.8 Å². The second-order valence-electron chi connectivity index (χ2n) is 5.07. The molecule has 0 bridgehead atoms. The number of imidazole rings is 1. The quantitative estimate of drug-likeness (QED) is 0.724. The van der Waals surface area contributed by atoms with E-state index in [9.17, 15) is 0 Å². The molecule has 0 saturated carbocycles. The van der Waals surface area contributed by atoms with Crippen molar-refractivity contribution in [1.82, 2.24) is 14.7 Å². The molecule has 2 aromatic heterocycles. The number of aromatic nitrogens is 2. The summed E-state index contributed by atoms with van der Waals surface area (Å²) in [5, 5.41) is 3.53. The van der Waals surface area contributed by atoms with E-state index in [2.05, 4.69) is 58.3 Å². The fourth-order valence-electron chi connectivity index (χ4n) is 2.34. The summed E-state index contributed by atoms with van der Waals surface area (Å²) < 4.78 is 2.05. The Morgan fingerprint density at radius 1 is 1.19 bits per heavy atom. The normalized spacial score (nSPS) is 12.7. The van der Waals surface area contributed by atoms with Gasteiger partial charge in [0.05, 0.1) is 5.69 Å². The molecule has 1 aromatic carbocycles. The number of benzene rings is 1. The maximum atomic E-state index is 4.60. The molecular weight excluding hydrogens is 278 g/mol. The molecule has 21 heavy (non-hydrogen) atoms. The van der Waals surface area contributed by atoms with E-state index in [1.807, 2.05) is 24.4 Å². The summed E-state index contributed by atoms with van der Waals surface area (Å²) in [5.41, 5.74) is 3.36. The van der Waals surface area contributed by atoms with Gasteiger partial charge < -0.3 is 9.72 Å². The lowest BCUT2D eigenvalue weighted by molar-refractivity contribution is 0.569. The fraction of sp³-hybridized carbons (Fsp3) is 0.235. The first-order chi connectivity index (χ1) is 10.3. The van der Waals surface area contributed by atoms with Crippen molar-refractivity contribution in [3.63, 3.8) is 0 Å². The van der Waals surface area contributed by atoms with Gasteiger partial charge in [0, 0.05) is 29.9 Å². The molecule has 1 unspecified atom stereocenters. The average molecular weight is 297 g/mol. The van der Waals surface area contributed by atoms with E-state index >= 15 is 0 Å². The van der Waals surface area contributed by atoms with Gasteiger partial charge in [-0.2, -0.15) is 0 Å². The molecule has 0 aliphatic heterocycles. The number of nitrogens with one attached hydrogen (secondary N) is 1. The third-order valence-electron chi connectivity index (χ3n) is 3.62. The van der Waals surface area contributed by atoms with E-state index in [0.717, 1.165) is 17.9 Å². The number of thioether (sulfide) groups is 1. The summed E-state index contributed by atoms with van der Waals surface area (Å²) in [5.74, 6) is 0. The third kappa shape index (κ3) is 3.28. The highest BCUT2D eigenvalue weighted by Crippen LogP contribution is 2.19. The summed E-state index contributed by atoms with van der Waals surface area (Å²) >= 11 is 1.77. The summed E-state index contributed by atoms with van der Waals surface area (Å²) in [4.78, 5) is 5.90. The molecule has 0 saturated heterocycles. The Hall–Kier alpha value is -1.78. The minimum absolute atomic E-state index is 0.311. The van der Waals surface area contributed by atoms with Crippen molar-refractivity contribution in [3.05, 3.63) is 66.1 Å². The molecule has 108 valence electrons. The highest BCUT2D eigenvalue weighted by atomic mass is 32.2. The van der Waals surface area contributed by atoms with Gasteiger partial charge in [0.15, 0.2) is 0 Å². The van der Waals surface area contributed by atoms with E-state index in [4.69, 9.17) is 0 Å². The first-order valence-corrected chi connectivity index (χ1v) is 8.28. The van der Waals surface area contributed by atoms with Crippen molar-refractivity contribution in [2.45, 2.75) is 24.4 Å². The van der Waals surface area contributed by atoms with Gasteiger partial charge in [0.1, 0.15) is 5.65 Å². The second kappa shape index (κ2) is 6.33. The van der Waals surface area contributed by atoms with Crippen LogP contribution in [0.4, 0.5) is 0 Å². The topological polar surface area (TPSA) is 29.3 Å². The van der Waals surface area contributed by atoms with Gasteiger partial charge in [0.25, 0.3) is 0 Å². The largest absolute Gasteiger partial charge is 0.307 e. The van der Waals surface area contributed by atoms with Gasteiger partial charge in [-0.25, -0.2) is 4.98 Å². The molecule has 2 heterocycles. The minimum Gasteiger partial charge on any atom is -0.307 e. The SMILES string of the molecule is CSc1ccc(C(C)NCc2cn3ccccc3n2)cc1. The van der Waals surface area contributed by atoms with E-state index < -0.39 is 0 Å². The van der Waals surface area contributed by atoms with E-state index in [-0.39, 0.29) is 0 Å². The van der Waals surface area contributed by atoms with Gasteiger partial charge in [-0.3, -0.25) is 0 Å². The summed E-state index contributed by atoms with van der Waals surface area (Å²) in [6.07, 6.45) is 6.20. The van der Waals surface area contributed by atoms with Crippen molar-refractivity contribution in [2.24, 2.45) is 0 Å². The first kappa shape index (κ1) is 14.2. The maximum Gasteiger partial charge on any atom is 0.137 e. The number of rotatable bonds is 5. The molecule has 0 fully saturated rings. The minimum atomic E-state index is 0.311. The Morgan fingerprint density at radius 3 is 2.71 bits per heavy atom. The molecule has 0 amide bonds. The Labute approximate surface area is 129 Å². The van der Waals surface area contributed by atoms with Crippen LogP contribution in [0.3, 0.4) is 0 Å². The standard InChI is InChI=1S/C17H19N3S/c1-13(14-6-8-16(21-2)9-7-14)18-11-15-12-20-10-4-3-5-17(20)19-15/h3-10,12-13,18H,11H2,1-2H3. The van der Waals surface area contributed by atoms with Crippen LogP contribution in [0.25, 0.3) is 5.65 Å².